The first-order valence-electron chi connectivity index (χ1n) is 7.70. The van der Waals surface area contributed by atoms with Gasteiger partial charge in [-0.05, 0) is 43.3 Å². The fraction of sp³-hybridized carbons (Fsp3) is 0.235. The fourth-order valence-electron chi connectivity index (χ4n) is 2.21. The van der Waals surface area contributed by atoms with Crippen LogP contribution in [0.4, 0.5) is 4.39 Å². The van der Waals surface area contributed by atoms with E-state index in [1.54, 1.807) is 23.1 Å². The summed E-state index contributed by atoms with van der Waals surface area (Å²) in [4.78, 5) is 16.0. The lowest BCUT2D eigenvalue weighted by Crippen LogP contribution is -2.35. The van der Waals surface area contributed by atoms with Gasteiger partial charge >= 0.3 is 0 Å². The number of nitrogens with zero attached hydrogens (tertiary/aromatic N) is 3. The van der Waals surface area contributed by atoms with E-state index in [2.05, 4.69) is 15.4 Å². The first-order chi connectivity index (χ1) is 12.1. The Bertz CT molecular complexity index is 815. The molecule has 2 aromatic heterocycles. The minimum atomic E-state index is -0.329. The normalized spacial score (nSPS) is 11.9. The highest BCUT2D eigenvalue weighted by Gasteiger charge is 2.14. The van der Waals surface area contributed by atoms with Crippen LogP contribution in [-0.4, -0.2) is 26.7 Å². The summed E-state index contributed by atoms with van der Waals surface area (Å²) in [7, 11) is 0. The van der Waals surface area contributed by atoms with Gasteiger partial charge in [0, 0.05) is 6.04 Å². The Morgan fingerprint density at radius 2 is 2.12 bits per heavy atom. The number of halogens is 1. The van der Waals surface area contributed by atoms with Crippen LogP contribution in [-0.2, 0) is 13.2 Å². The monoisotopic (exact) mass is 344 g/mol. The smallest absolute Gasteiger partial charge is 0.287 e. The number of hydrogen-bond donors (Lipinski definition) is 1. The molecule has 0 aliphatic heterocycles. The van der Waals surface area contributed by atoms with Crippen molar-refractivity contribution in [1.82, 2.24) is 20.1 Å². The quantitative estimate of drug-likeness (QED) is 0.712. The molecular formula is C17H17FN4O3. The van der Waals surface area contributed by atoms with Gasteiger partial charge in [0.1, 0.15) is 36.6 Å². The molecule has 0 aliphatic carbocycles. The van der Waals surface area contributed by atoms with Crippen molar-refractivity contribution in [2.24, 2.45) is 0 Å². The molecule has 1 amide bonds. The first kappa shape index (κ1) is 16.7. The third-order valence-electron chi connectivity index (χ3n) is 3.39. The number of rotatable bonds is 7. The zero-order chi connectivity index (χ0) is 17.6. The SMILES string of the molecule is CC(Cn1cncn1)NC(=O)c1ccc(COc2ccc(F)cc2)o1. The van der Waals surface area contributed by atoms with Crippen LogP contribution in [0.2, 0.25) is 0 Å². The van der Waals surface area contributed by atoms with Gasteiger partial charge in [0.15, 0.2) is 5.76 Å². The maximum Gasteiger partial charge on any atom is 0.287 e. The molecule has 3 aromatic rings. The Labute approximate surface area is 143 Å². The van der Waals surface area contributed by atoms with Crippen LogP contribution in [0.15, 0.2) is 53.5 Å². The van der Waals surface area contributed by atoms with Crippen LogP contribution in [0.25, 0.3) is 0 Å². The molecule has 1 aromatic carbocycles. The highest BCUT2D eigenvalue weighted by molar-refractivity contribution is 5.91. The molecule has 2 heterocycles. The number of ether oxygens (including phenoxy) is 1. The van der Waals surface area contributed by atoms with Gasteiger partial charge in [0.05, 0.1) is 6.54 Å². The summed E-state index contributed by atoms with van der Waals surface area (Å²) in [5.41, 5.74) is 0. The van der Waals surface area contributed by atoms with Gasteiger partial charge in [-0.1, -0.05) is 0 Å². The van der Waals surface area contributed by atoms with Crippen LogP contribution >= 0.6 is 0 Å². The lowest BCUT2D eigenvalue weighted by Gasteiger charge is -2.12. The minimum Gasteiger partial charge on any atom is -0.486 e. The van der Waals surface area contributed by atoms with Crippen molar-refractivity contribution in [3.05, 3.63) is 66.4 Å². The number of aromatic nitrogens is 3. The van der Waals surface area contributed by atoms with Crippen molar-refractivity contribution in [3.63, 3.8) is 0 Å². The highest BCUT2D eigenvalue weighted by atomic mass is 19.1. The standard InChI is InChI=1S/C17H17FN4O3/c1-12(8-22-11-19-10-20-22)21-17(23)16-7-6-15(25-16)9-24-14-4-2-13(18)3-5-14/h2-7,10-12H,8-9H2,1H3,(H,21,23). The summed E-state index contributed by atoms with van der Waals surface area (Å²) in [6.07, 6.45) is 3.02. The third-order valence-corrected chi connectivity index (χ3v) is 3.39. The average Bonchev–Trinajstić information content (AvgIpc) is 3.26. The molecular weight excluding hydrogens is 327 g/mol. The van der Waals surface area contributed by atoms with E-state index < -0.39 is 0 Å². The van der Waals surface area contributed by atoms with Crippen LogP contribution < -0.4 is 10.1 Å². The van der Waals surface area contributed by atoms with E-state index in [1.165, 1.54) is 30.6 Å². The van der Waals surface area contributed by atoms with Gasteiger partial charge in [-0.25, -0.2) is 9.37 Å². The van der Waals surface area contributed by atoms with E-state index in [0.717, 1.165) is 0 Å². The molecule has 0 aliphatic rings. The molecule has 3 rings (SSSR count). The Morgan fingerprint density at radius 3 is 2.84 bits per heavy atom. The average molecular weight is 344 g/mol. The van der Waals surface area contributed by atoms with E-state index in [-0.39, 0.29) is 30.1 Å². The van der Waals surface area contributed by atoms with E-state index >= 15 is 0 Å². The van der Waals surface area contributed by atoms with E-state index in [1.807, 2.05) is 6.92 Å². The number of hydrogen-bond acceptors (Lipinski definition) is 5. The van der Waals surface area contributed by atoms with Crippen molar-refractivity contribution in [1.29, 1.82) is 0 Å². The molecule has 1 unspecified atom stereocenters. The first-order valence-corrected chi connectivity index (χ1v) is 7.70. The number of benzene rings is 1. The predicted molar refractivity (Wildman–Crippen MR) is 86.4 cm³/mol. The van der Waals surface area contributed by atoms with E-state index in [0.29, 0.717) is 18.1 Å². The lowest BCUT2D eigenvalue weighted by atomic mass is 10.3. The lowest BCUT2D eigenvalue weighted by molar-refractivity contribution is 0.0904. The zero-order valence-corrected chi connectivity index (χ0v) is 13.6. The van der Waals surface area contributed by atoms with Crippen molar-refractivity contribution < 1.29 is 18.3 Å². The summed E-state index contributed by atoms with van der Waals surface area (Å²) in [6, 6.07) is 8.79. The van der Waals surface area contributed by atoms with E-state index in [9.17, 15) is 9.18 Å². The molecule has 0 radical (unpaired) electrons. The Balaban J connectivity index is 1.51. The van der Waals surface area contributed by atoms with Gasteiger partial charge in [-0.15, -0.1) is 0 Å². The van der Waals surface area contributed by atoms with Crippen molar-refractivity contribution in [2.45, 2.75) is 26.1 Å². The minimum absolute atomic E-state index is 0.141. The van der Waals surface area contributed by atoms with Crippen LogP contribution in [0, 0.1) is 5.82 Å². The van der Waals surface area contributed by atoms with Crippen molar-refractivity contribution in [2.75, 3.05) is 0 Å². The summed E-state index contributed by atoms with van der Waals surface area (Å²) < 4.78 is 25.4. The molecule has 0 saturated carbocycles. The predicted octanol–water partition coefficient (Wildman–Crippen LogP) is 2.41. The van der Waals surface area contributed by atoms with Crippen LogP contribution in [0.5, 0.6) is 5.75 Å². The second-order valence-corrected chi connectivity index (χ2v) is 5.50. The highest BCUT2D eigenvalue weighted by Crippen LogP contribution is 2.15. The van der Waals surface area contributed by atoms with Gasteiger partial charge in [0.2, 0.25) is 0 Å². The second-order valence-electron chi connectivity index (χ2n) is 5.50. The molecule has 1 N–H and O–H groups in total. The van der Waals surface area contributed by atoms with Crippen molar-refractivity contribution >= 4 is 5.91 Å². The molecule has 130 valence electrons. The van der Waals surface area contributed by atoms with E-state index in [4.69, 9.17) is 9.15 Å². The third kappa shape index (κ3) is 4.66. The van der Waals surface area contributed by atoms with Crippen LogP contribution in [0.3, 0.4) is 0 Å². The molecule has 25 heavy (non-hydrogen) atoms. The topological polar surface area (TPSA) is 82.2 Å². The van der Waals surface area contributed by atoms with Gasteiger partial charge in [-0.2, -0.15) is 5.10 Å². The number of nitrogens with one attached hydrogen (secondary N) is 1. The van der Waals surface area contributed by atoms with Crippen molar-refractivity contribution in [3.8, 4) is 5.75 Å². The second kappa shape index (κ2) is 7.61. The Morgan fingerprint density at radius 1 is 1.32 bits per heavy atom. The summed E-state index contributed by atoms with van der Waals surface area (Å²) in [5, 5.41) is 6.81. The van der Waals surface area contributed by atoms with Gasteiger partial charge in [0.25, 0.3) is 5.91 Å². The number of carbonyl (C=O) groups excluding carboxylic acids is 1. The molecule has 0 fully saturated rings. The molecule has 0 saturated heterocycles. The Kier molecular flexibility index (Phi) is 5.08. The maximum absolute atomic E-state index is 12.8. The Hall–Kier alpha value is -3.16. The summed E-state index contributed by atoms with van der Waals surface area (Å²) >= 11 is 0. The van der Waals surface area contributed by atoms with Crippen LogP contribution in [0.1, 0.15) is 23.2 Å². The van der Waals surface area contributed by atoms with Gasteiger partial charge in [-0.3, -0.25) is 9.48 Å². The summed E-state index contributed by atoms with van der Waals surface area (Å²) in [5.74, 6) is 0.566. The zero-order valence-electron chi connectivity index (χ0n) is 13.6. The molecule has 8 heteroatoms. The summed E-state index contributed by atoms with van der Waals surface area (Å²) in [6.45, 7) is 2.52. The fourth-order valence-corrected chi connectivity index (χ4v) is 2.21. The largest absolute Gasteiger partial charge is 0.486 e. The number of amides is 1. The van der Waals surface area contributed by atoms with Gasteiger partial charge < -0.3 is 14.5 Å². The molecule has 1 atom stereocenters. The molecule has 0 spiro atoms. The molecule has 0 bridgehead atoms. The number of furan rings is 1. The molecule has 7 nitrogen and oxygen atoms in total. The maximum atomic E-state index is 12.8. The number of carbonyl (C=O) groups is 1.